The topological polar surface area (TPSA) is 59.8 Å². The molecule has 1 heterocycles. The number of hydrogen-bond donors (Lipinski definition) is 0. The predicted octanol–water partition coefficient (Wildman–Crippen LogP) is 2.18. The summed E-state index contributed by atoms with van der Waals surface area (Å²) in [6, 6.07) is 6.47. The Hall–Kier alpha value is -2.74. The number of esters is 1. The zero-order chi connectivity index (χ0) is 15.4. The molecule has 0 fully saturated rings. The lowest BCUT2D eigenvalue weighted by molar-refractivity contribution is -0.134. The maximum absolute atomic E-state index is 11.6. The summed E-state index contributed by atoms with van der Waals surface area (Å²) in [7, 11) is 3.76. The number of nitrogens with zero attached hydrogens (tertiary/aromatic N) is 1. The molecule has 0 aliphatic heterocycles. The smallest absolute Gasteiger partial charge is 0.339 e. The summed E-state index contributed by atoms with van der Waals surface area (Å²) in [5.41, 5.74) is 0.674. The predicted molar refractivity (Wildman–Crippen MR) is 80.5 cm³/mol. The third-order valence-corrected chi connectivity index (χ3v) is 2.90. The minimum Gasteiger partial charge on any atom is -0.425 e. The first-order valence-electron chi connectivity index (χ1n) is 6.40. The molecular formula is C16H15NO4. The van der Waals surface area contributed by atoms with Crippen LogP contribution in [0.2, 0.25) is 0 Å². The van der Waals surface area contributed by atoms with Crippen molar-refractivity contribution in [1.82, 2.24) is 0 Å². The molecule has 1 aromatic heterocycles. The Morgan fingerprint density at radius 1 is 1.38 bits per heavy atom. The molecule has 0 amide bonds. The maximum atomic E-state index is 11.6. The number of terminal acetylenes is 1. The highest BCUT2D eigenvalue weighted by Crippen LogP contribution is 2.27. The van der Waals surface area contributed by atoms with E-state index in [4.69, 9.17) is 15.6 Å². The van der Waals surface area contributed by atoms with Crippen molar-refractivity contribution in [2.24, 2.45) is 0 Å². The van der Waals surface area contributed by atoms with E-state index in [0.717, 1.165) is 11.8 Å². The van der Waals surface area contributed by atoms with Crippen LogP contribution in [-0.2, 0) is 4.79 Å². The fourth-order valence-corrected chi connectivity index (χ4v) is 1.83. The van der Waals surface area contributed by atoms with Gasteiger partial charge < -0.3 is 14.1 Å². The SMILES string of the molecule is C#CCCC(=O)Oc1cc(=O)oc2cc(N(C)C)ccc12. The van der Waals surface area contributed by atoms with Crippen LogP contribution in [0.15, 0.2) is 33.5 Å². The highest BCUT2D eigenvalue weighted by molar-refractivity contribution is 5.88. The van der Waals surface area contributed by atoms with Gasteiger partial charge in [0.2, 0.25) is 0 Å². The Kier molecular flexibility index (Phi) is 4.29. The van der Waals surface area contributed by atoms with E-state index in [9.17, 15) is 9.59 Å². The van der Waals surface area contributed by atoms with Crippen LogP contribution in [0.5, 0.6) is 5.75 Å². The largest absolute Gasteiger partial charge is 0.425 e. The summed E-state index contributed by atoms with van der Waals surface area (Å²) in [6.07, 6.45) is 5.50. The molecule has 108 valence electrons. The van der Waals surface area contributed by atoms with Gasteiger partial charge in [-0.15, -0.1) is 12.3 Å². The molecule has 0 radical (unpaired) electrons. The summed E-state index contributed by atoms with van der Waals surface area (Å²) in [5, 5.41) is 0.564. The van der Waals surface area contributed by atoms with Crippen LogP contribution in [0.25, 0.3) is 11.0 Å². The van der Waals surface area contributed by atoms with Gasteiger partial charge >= 0.3 is 11.6 Å². The maximum Gasteiger partial charge on any atom is 0.339 e. The van der Waals surface area contributed by atoms with E-state index in [2.05, 4.69) is 5.92 Å². The van der Waals surface area contributed by atoms with Crippen LogP contribution in [-0.4, -0.2) is 20.1 Å². The summed E-state index contributed by atoms with van der Waals surface area (Å²) in [6.45, 7) is 0. The summed E-state index contributed by atoms with van der Waals surface area (Å²) >= 11 is 0. The molecule has 0 aliphatic carbocycles. The van der Waals surface area contributed by atoms with Gasteiger partial charge in [-0.1, -0.05) is 0 Å². The van der Waals surface area contributed by atoms with E-state index in [0.29, 0.717) is 17.4 Å². The van der Waals surface area contributed by atoms with Crippen molar-refractivity contribution < 1.29 is 13.9 Å². The number of carbonyl (C=O) groups is 1. The van der Waals surface area contributed by atoms with Gasteiger partial charge in [-0.25, -0.2) is 4.79 Å². The van der Waals surface area contributed by atoms with Crippen molar-refractivity contribution in [3.05, 3.63) is 34.7 Å². The standard InChI is InChI=1S/C16H15NO4/c1-4-5-6-15(18)20-14-10-16(19)21-13-9-11(17(2)3)7-8-12(13)14/h1,7-10H,5-6H2,2-3H3. The Bertz CT molecular complexity index is 768. The lowest BCUT2D eigenvalue weighted by Gasteiger charge is -2.13. The van der Waals surface area contributed by atoms with Crippen LogP contribution >= 0.6 is 0 Å². The molecule has 0 atom stereocenters. The van der Waals surface area contributed by atoms with Crippen LogP contribution < -0.4 is 15.3 Å². The molecule has 0 aliphatic rings. The van der Waals surface area contributed by atoms with Crippen LogP contribution in [0.3, 0.4) is 0 Å². The molecule has 21 heavy (non-hydrogen) atoms. The van der Waals surface area contributed by atoms with E-state index in [-0.39, 0.29) is 12.2 Å². The second kappa shape index (κ2) is 6.14. The summed E-state index contributed by atoms with van der Waals surface area (Å²) in [5.74, 6) is 2.08. The number of anilines is 1. The molecule has 5 heteroatoms. The number of carbonyl (C=O) groups excluding carboxylic acids is 1. The Morgan fingerprint density at radius 2 is 2.14 bits per heavy atom. The Labute approximate surface area is 122 Å². The molecule has 0 unspecified atom stereocenters. The molecular weight excluding hydrogens is 270 g/mol. The average Bonchev–Trinajstić information content (AvgIpc) is 2.44. The van der Waals surface area contributed by atoms with Crippen LogP contribution in [0.4, 0.5) is 5.69 Å². The quantitative estimate of drug-likeness (QED) is 0.489. The van der Waals surface area contributed by atoms with Gasteiger partial charge in [0.25, 0.3) is 0 Å². The zero-order valence-electron chi connectivity index (χ0n) is 11.9. The molecule has 0 spiro atoms. The molecule has 1 aromatic carbocycles. The van der Waals surface area contributed by atoms with Gasteiger partial charge in [-0.05, 0) is 12.1 Å². The van der Waals surface area contributed by atoms with Crippen molar-refractivity contribution in [1.29, 1.82) is 0 Å². The fourth-order valence-electron chi connectivity index (χ4n) is 1.83. The first-order chi connectivity index (χ1) is 10.0. The fraction of sp³-hybridized carbons (Fsp3) is 0.250. The minimum atomic E-state index is -0.571. The summed E-state index contributed by atoms with van der Waals surface area (Å²) < 4.78 is 10.4. The molecule has 0 bridgehead atoms. The van der Waals surface area contributed by atoms with E-state index in [1.165, 1.54) is 0 Å². The van der Waals surface area contributed by atoms with E-state index in [1.807, 2.05) is 25.1 Å². The average molecular weight is 285 g/mol. The van der Waals surface area contributed by atoms with Gasteiger partial charge in [0.05, 0.1) is 17.9 Å². The van der Waals surface area contributed by atoms with E-state index < -0.39 is 11.6 Å². The van der Waals surface area contributed by atoms with Gasteiger partial charge in [-0.3, -0.25) is 4.79 Å². The summed E-state index contributed by atoms with van der Waals surface area (Å²) in [4.78, 5) is 25.1. The van der Waals surface area contributed by atoms with Gasteiger partial charge in [0, 0.05) is 32.3 Å². The molecule has 0 N–H and O–H groups in total. The highest BCUT2D eigenvalue weighted by Gasteiger charge is 2.12. The molecule has 2 rings (SSSR count). The lowest BCUT2D eigenvalue weighted by Crippen LogP contribution is -2.11. The molecule has 0 saturated carbocycles. The second-order valence-corrected chi connectivity index (χ2v) is 4.68. The molecule has 2 aromatic rings. The van der Waals surface area contributed by atoms with Crippen molar-refractivity contribution in [3.8, 4) is 18.1 Å². The van der Waals surface area contributed by atoms with Crippen molar-refractivity contribution in [2.75, 3.05) is 19.0 Å². The normalized spacial score (nSPS) is 10.1. The number of hydrogen-bond acceptors (Lipinski definition) is 5. The van der Waals surface area contributed by atoms with Crippen molar-refractivity contribution >= 4 is 22.6 Å². The van der Waals surface area contributed by atoms with Gasteiger partial charge in [0.15, 0.2) is 0 Å². The first-order valence-corrected chi connectivity index (χ1v) is 6.40. The number of rotatable bonds is 4. The number of fused-ring (bicyclic) bond motifs is 1. The zero-order valence-corrected chi connectivity index (χ0v) is 11.9. The molecule has 0 saturated heterocycles. The monoisotopic (exact) mass is 285 g/mol. The van der Waals surface area contributed by atoms with Gasteiger partial charge in [-0.2, -0.15) is 0 Å². The first kappa shape index (κ1) is 14.7. The highest BCUT2D eigenvalue weighted by atomic mass is 16.5. The molecule has 5 nitrogen and oxygen atoms in total. The number of benzene rings is 1. The van der Waals surface area contributed by atoms with Crippen LogP contribution in [0, 0.1) is 12.3 Å². The van der Waals surface area contributed by atoms with Gasteiger partial charge in [0.1, 0.15) is 11.3 Å². The number of ether oxygens (including phenoxy) is 1. The third-order valence-electron chi connectivity index (χ3n) is 2.90. The second-order valence-electron chi connectivity index (χ2n) is 4.68. The minimum absolute atomic E-state index is 0.105. The van der Waals surface area contributed by atoms with E-state index >= 15 is 0 Å². The third kappa shape index (κ3) is 3.42. The van der Waals surface area contributed by atoms with Crippen molar-refractivity contribution in [3.63, 3.8) is 0 Å². The van der Waals surface area contributed by atoms with E-state index in [1.54, 1.807) is 12.1 Å². The van der Waals surface area contributed by atoms with Crippen LogP contribution in [0.1, 0.15) is 12.8 Å². The Morgan fingerprint density at radius 3 is 2.81 bits per heavy atom. The lowest BCUT2D eigenvalue weighted by atomic mass is 10.2. The van der Waals surface area contributed by atoms with Crippen molar-refractivity contribution in [2.45, 2.75) is 12.8 Å². The Balaban J connectivity index is 2.42.